The van der Waals surface area contributed by atoms with Crippen molar-refractivity contribution in [2.24, 2.45) is 5.92 Å². The Morgan fingerprint density at radius 3 is 2.64 bits per heavy atom. The van der Waals surface area contributed by atoms with Gasteiger partial charge in [-0.15, -0.1) is 0 Å². The number of oxazole rings is 1. The van der Waals surface area contributed by atoms with Crippen molar-refractivity contribution >= 4 is 26.7 Å². The van der Waals surface area contributed by atoms with Gasteiger partial charge >= 0.3 is 0 Å². The number of nitrogens with zero attached hydrogens (tertiary/aromatic N) is 1. The summed E-state index contributed by atoms with van der Waals surface area (Å²) in [4.78, 5) is 16.8. The van der Waals surface area contributed by atoms with Gasteiger partial charge in [-0.3, -0.25) is 4.79 Å². The fourth-order valence-corrected chi connectivity index (χ4v) is 6.41. The molecule has 0 saturated carbocycles. The van der Waals surface area contributed by atoms with Crippen molar-refractivity contribution in [3.8, 4) is 0 Å². The molecule has 2 bridgehead atoms. The van der Waals surface area contributed by atoms with Gasteiger partial charge in [0.15, 0.2) is 27.6 Å². The van der Waals surface area contributed by atoms with Gasteiger partial charge in [0.05, 0.1) is 10.5 Å². The van der Waals surface area contributed by atoms with Crippen LogP contribution in [0.3, 0.4) is 0 Å². The van der Waals surface area contributed by atoms with E-state index < -0.39 is 9.84 Å². The predicted molar refractivity (Wildman–Crippen MR) is 81.4 cm³/mol. The fourth-order valence-electron chi connectivity index (χ4n) is 3.87. The maximum Gasteiger partial charge on any atom is 0.181 e. The highest BCUT2D eigenvalue weighted by molar-refractivity contribution is 7.92. The molecule has 1 aromatic carbocycles. The van der Waals surface area contributed by atoms with E-state index in [1.54, 1.807) is 18.2 Å². The van der Waals surface area contributed by atoms with Crippen LogP contribution in [0.4, 0.5) is 0 Å². The second kappa shape index (κ2) is 4.91. The van der Waals surface area contributed by atoms with Crippen LogP contribution in [-0.4, -0.2) is 29.7 Å². The summed E-state index contributed by atoms with van der Waals surface area (Å²) in [6, 6.07) is 5.23. The van der Waals surface area contributed by atoms with Gasteiger partial charge in [-0.1, -0.05) is 6.42 Å². The first-order chi connectivity index (χ1) is 10.6. The lowest BCUT2D eigenvalue weighted by molar-refractivity contribution is 0.0894. The molecule has 2 aromatic rings. The molecule has 0 spiro atoms. The number of benzene rings is 1. The van der Waals surface area contributed by atoms with E-state index in [2.05, 4.69) is 4.98 Å². The zero-order valence-corrected chi connectivity index (χ0v) is 12.9. The lowest BCUT2D eigenvalue weighted by Crippen LogP contribution is -2.45. The van der Waals surface area contributed by atoms with Crippen molar-refractivity contribution < 1.29 is 17.6 Å². The van der Waals surface area contributed by atoms with Gasteiger partial charge < -0.3 is 4.42 Å². The van der Waals surface area contributed by atoms with E-state index in [9.17, 15) is 13.2 Å². The fraction of sp³-hybridized carbons (Fsp3) is 0.500. The largest absolute Gasteiger partial charge is 0.443 e. The Labute approximate surface area is 128 Å². The second-order valence-electron chi connectivity index (χ2n) is 6.33. The predicted octanol–water partition coefficient (Wildman–Crippen LogP) is 2.76. The van der Waals surface area contributed by atoms with Crippen molar-refractivity contribution in [1.82, 2.24) is 4.98 Å². The average Bonchev–Trinajstić information content (AvgIpc) is 2.92. The lowest BCUT2D eigenvalue weighted by atomic mass is 9.84. The van der Waals surface area contributed by atoms with Crippen molar-refractivity contribution in [2.75, 3.05) is 0 Å². The normalized spacial score (nSPS) is 30.3. The number of sulfone groups is 1. The van der Waals surface area contributed by atoms with E-state index >= 15 is 0 Å². The van der Waals surface area contributed by atoms with Gasteiger partial charge in [0, 0.05) is 11.5 Å². The Bertz CT molecular complexity index is 819. The molecule has 6 heteroatoms. The van der Waals surface area contributed by atoms with Crippen LogP contribution in [0.15, 0.2) is 29.0 Å². The molecule has 116 valence electrons. The first-order valence-corrected chi connectivity index (χ1v) is 9.27. The van der Waals surface area contributed by atoms with E-state index in [1.165, 1.54) is 6.39 Å². The SMILES string of the molecule is O=C(c1ccc2ocnc2c1)C1CC2CCCC(C1)S2(=O)=O. The highest BCUT2D eigenvalue weighted by atomic mass is 32.2. The molecule has 2 atom stereocenters. The molecule has 3 heterocycles. The number of carbonyl (C=O) groups is 1. The van der Waals surface area contributed by atoms with Gasteiger partial charge in [0.25, 0.3) is 0 Å². The molecule has 0 aliphatic carbocycles. The summed E-state index contributed by atoms with van der Waals surface area (Å²) in [6.45, 7) is 0. The van der Waals surface area contributed by atoms with Crippen LogP contribution in [0.5, 0.6) is 0 Å². The van der Waals surface area contributed by atoms with E-state index in [0.29, 0.717) is 42.3 Å². The highest BCUT2D eigenvalue weighted by Gasteiger charge is 2.46. The zero-order valence-electron chi connectivity index (χ0n) is 12.1. The highest BCUT2D eigenvalue weighted by Crippen LogP contribution is 2.40. The third-order valence-corrected chi connectivity index (χ3v) is 7.78. The molecule has 2 unspecified atom stereocenters. The molecule has 4 rings (SSSR count). The number of aromatic nitrogens is 1. The Balaban J connectivity index is 1.63. The molecule has 0 amide bonds. The number of carbonyl (C=O) groups excluding carboxylic acids is 1. The molecule has 0 radical (unpaired) electrons. The standard InChI is InChI=1S/C16H17NO4S/c18-16(10-4-5-15-14(8-10)17-9-21-15)11-6-12-2-1-3-13(7-11)22(12,19)20/h4-5,8-9,11-13H,1-3,6-7H2. The molecule has 0 N–H and O–H groups in total. The quantitative estimate of drug-likeness (QED) is 0.795. The summed E-state index contributed by atoms with van der Waals surface area (Å²) in [6.07, 6.45) is 4.65. The first-order valence-electron chi connectivity index (χ1n) is 7.66. The number of hydrogen-bond acceptors (Lipinski definition) is 5. The van der Waals surface area contributed by atoms with E-state index in [1.807, 2.05) is 0 Å². The third-order valence-electron chi connectivity index (χ3n) is 5.06. The number of hydrogen-bond donors (Lipinski definition) is 0. The Kier molecular flexibility index (Phi) is 3.11. The van der Waals surface area contributed by atoms with E-state index in [0.717, 1.165) is 6.42 Å². The molecule has 2 aliphatic rings. The summed E-state index contributed by atoms with van der Waals surface area (Å²) < 4.78 is 29.8. The van der Waals surface area contributed by atoms with Crippen molar-refractivity contribution in [1.29, 1.82) is 0 Å². The molecule has 5 nitrogen and oxygen atoms in total. The number of ketones is 1. The van der Waals surface area contributed by atoms with Crippen LogP contribution >= 0.6 is 0 Å². The topological polar surface area (TPSA) is 77.2 Å². The summed E-state index contributed by atoms with van der Waals surface area (Å²) in [5.74, 6) is -0.153. The van der Waals surface area contributed by atoms with Gasteiger partial charge in [-0.25, -0.2) is 13.4 Å². The van der Waals surface area contributed by atoms with Crippen LogP contribution in [0.25, 0.3) is 11.1 Å². The van der Waals surface area contributed by atoms with Crippen molar-refractivity contribution in [2.45, 2.75) is 42.6 Å². The number of fused-ring (bicyclic) bond motifs is 3. The molecule has 1 aromatic heterocycles. The Morgan fingerprint density at radius 1 is 1.18 bits per heavy atom. The molecule has 2 aliphatic heterocycles. The minimum Gasteiger partial charge on any atom is -0.443 e. The average molecular weight is 319 g/mol. The zero-order chi connectivity index (χ0) is 15.3. The van der Waals surface area contributed by atoms with Gasteiger partial charge in [-0.2, -0.15) is 0 Å². The molecular formula is C16H17NO4S. The monoisotopic (exact) mass is 319 g/mol. The van der Waals surface area contributed by atoms with Gasteiger partial charge in [0.2, 0.25) is 0 Å². The van der Waals surface area contributed by atoms with Gasteiger partial charge in [-0.05, 0) is 43.9 Å². The minimum absolute atomic E-state index is 0.0386. The van der Waals surface area contributed by atoms with Crippen LogP contribution in [0.2, 0.25) is 0 Å². The second-order valence-corrected chi connectivity index (χ2v) is 8.84. The molecule has 2 saturated heterocycles. The van der Waals surface area contributed by atoms with Crippen LogP contribution in [0.1, 0.15) is 42.5 Å². The number of rotatable bonds is 2. The maximum atomic E-state index is 12.8. The Hall–Kier alpha value is -1.69. The molecule has 2 fully saturated rings. The van der Waals surface area contributed by atoms with Crippen molar-refractivity contribution in [3.05, 3.63) is 30.2 Å². The van der Waals surface area contributed by atoms with Crippen molar-refractivity contribution in [3.63, 3.8) is 0 Å². The van der Waals surface area contributed by atoms with Crippen LogP contribution in [-0.2, 0) is 9.84 Å². The summed E-state index contributed by atoms with van der Waals surface area (Å²) in [5, 5.41) is -0.658. The van der Waals surface area contributed by atoms with Crippen LogP contribution in [0, 0.1) is 5.92 Å². The summed E-state index contributed by atoms with van der Waals surface area (Å²) in [7, 11) is -3.02. The molecule has 22 heavy (non-hydrogen) atoms. The summed E-state index contributed by atoms with van der Waals surface area (Å²) >= 11 is 0. The lowest BCUT2D eigenvalue weighted by Gasteiger charge is -2.38. The number of Topliss-reactive ketones (excluding diaryl/α,β-unsaturated/α-hetero) is 1. The minimum atomic E-state index is -3.02. The molecular weight excluding hydrogens is 302 g/mol. The Morgan fingerprint density at radius 2 is 1.91 bits per heavy atom. The van der Waals surface area contributed by atoms with E-state index in [4.69, 9.17) is 4.42 Å². The maximum absolute atomic E-state index is 12.8. The summed E-state index contributed by atoms with van der Waals surface area (Å²) in [5.41, 5.74) is 1.91. The van der Waals surface area contributed by atoms with Gasteiger partial charge in [0.1, 0.15) is 5.52 Å². The first kappa shape index (κ1) is 13.9. The van der Waals surface area contributed by atoms with E-state index in [-0.39, 0.29) is 22.2 Å². The smallest absolute Gasteiger partial charge is 0.181 e. The third kappa shape index (κ3) is 2.08. The van der Waals surface area contributed by atoms with Crippen LogP contribution < -0.4 is 0 Å².